The molecule has 1 N–H and O–H groups in total. The molecule has 0 radical (unpaired) electrons. The van der Waals surface area contributed by atoms with Gasteiger partial charge in [0.15, 0.2) is 0 Å². The van der Waals surface area contributed by atoms with Crippen LogP contribution in [0.5, 0.6) is 0 Å². The molecule has 1 aromatic carbocycles. The highest BCUT2D eigenvalue weighted by Crippen LogP contribution is 2.15. The Hall–Kier alpha value is -1.68. The second-order valence-electron chi connectivity index (χ2n) is 5.40. The van der Waals surface area contributed by atoms with Gasteiger partial charge in [0.1, 0.15) is 0 Å². The average Bonchev–Trinajstić information content (AvgIpc) is 2.68. The summed E-state index contributed by atoms with van der Waals surface area (Å²) in [5.41, 5.74) is 1.23. The smallest absolute Gasteiger partial charge is 0.246 e. The van der Waals surface area contributed by atoms with E-state index in [1.165, 1.54) is 10.5 Å². The van der Waals surface area contributed by atoms with Crippen LogP contribution in [-0.2, 0) is 16.0 Å². The lowest BCUT2D eigenvalue weighted by Crippen LogP contribution is -2.43. The molecule has 108 valence electrons. The Morgan fingerprint density at radius 2 is 2.00 bits per heavy atom. The van der Waals surface area contributed by atoms with Crippen LogP contribution in [0.25, 0.3) is 0 Å². The first kappa shape index (κ1) is 14.7. The summed E-state index contributed by atoms with van der Waals surface area (Å²) in [7, 11) is 0. The lowest BCUT2D eigenvalue weighted by Gasteiger charge is -2.19. The summed E-state index contributed by atoms with van der Waals surface area (Å²) < 4.78 is 0. The summed E-state index contributed by atoms with van der Waals surface area (Å²) in [4.78, 5) is 25.3. The molecule has 4 heteroatoms. The lowest BCUT2D eigenvalue weighted by atomic mass is 10.1. The van der Waals surface area contributed by atoms with E-state index >= 15 is 0 Å². The zero-order valence-corrected chi connectivity index (χ0v) is 12.1. The van der Waals surface area contributed by atoms with Crippen LogP contribution in [0.15, 0.2) is 30.3 Å². The molecule has 0 saturated carbocycles. The highest BCUT2D eigenvalue weighted by atomic mass is 16.2. The number of benzene rings is 1. The van der Waals surface area contributed by atoms with Crippen LogP contribution in [0.3, 0.4) is 0 Å². The van der Waals surface area contributed by atoms with Crippen LogP contribution in [0, 0.1) is 0 Å². The number of carbonyl (C=O) groups is 2. The Morgan fingerprint density at radius 1 is 1.30 bits per heavy atom. The van der Waals surface area contributed by atoms with Crippen LogP contribution >= 0.6 is 0 Å². The van der Waals surface area contributed by atoms with Gasteiger partial charge < -0.3 is 5.32 Å². The van der Waals surface area contributed by atoms with Crippen molar-refractivity contribution in [1.29, 1.82) is 0 Å². The molecule has 2 atom stereocenters. The van der Waals surface area contributed by atoms with Gasteiger partial charge >= 0.3 is 0 Å². The van der Waals surface area contributed by atoms with Crippen LogP contribution in [0.2, 0.25) is 0 Å². The molecule has 20 heavy (non-hydrogen) atoms. The number of hydrogen-bond acceptors (Lipinski definition) is 3. The molecule has 2 rings (SSSR count). The number of imide groups is 1. The maximum Gasteiger partial charge on any atom is 0.246 e. The van der Waals surface area contributed by atoms with E-state index in [1.54, 1.807) is 0 Å². The Bertz CT molecular complexity index is 473. The molecule has 0 spiro atoms. The monoisotopic (exact) mass is 274 g/mol. The van der Waals surface area contributed by atoms with Gasteiger partial charge in [-0.2, -0.15) is 0 Å². The number of amides is 2. The Kier molecular flexibility index (Phi) is 4.90. The number of nitrogens with zero attached hydrogens (tertiary/aromatic N) is 1. The number of carbonyl (C=O) groups excluding carboxylic acids is 2. The molecule has 0 aromatic heterocycles. The normalized spacial score (nSPS) is 20.5. The first-order valence-electron chi connectivity index (χ1n) is 7.26. The predicted molar refractivity (Wildman–Crippen MR) is 78.2 cm³/mol. The maximum atomic E-state index is 12.1. The van der Waals surface area contributed by atoms with E-state index in [0.717, 1.165) is 12.8 Å². The van der Waals surface area contributed by atoms with E-state index in [9.17, 15) is 9.59 Å². The second-order valence-corrected chi connectivity index (χ2v) is 5.40. The van der Waals surface area contributed by atoms with Crippen molar-refractivity contribution >= 4 is 11.8 Å². The standard InChI is InChI=1S/C16H22N2O2/c1-3-9-18-15(19)11-14(16(18)20)17-12(2)10-13-7-5-4-6-8-13/h4-8,12,14,17H,3,9-11H2,1-2H3. The summed E-state index contributed by atoms with van der Waals surface area (Å²) in [6.07, 6.45) is 1.95. The highest BCUT2D eigenvalue weighted by molar-refractivity contribution is 6.05. The van der Waals surface area contributed by atoms with Gasteiger partial charge in [-0.1, -0.05) is 37.3 Å². The molecule has 1 fully saturated rings. The van der Waals surface area contributed by atoms with Crippen molar-refractivity contribution < 1.29 is 9.59 Å². The summed E-state index contributed by atoms with van der Waals surface area (Å²) >= 11 is 0. The second kappa shape index (κ2) is 6.66. The van der Waals surface area contributed by atoms with Crippen molar-refractivity contribution in [1.82, 2.24) is 10.2 Å². The van der Waals surface area contributed by atoms with Gasteiger partial charge in [0, 0.05) is 12.6 Å². The van der Waals surface area contributed by atoms with E-state index in [-0.39, 0.29) is 30.3 Å². The van der Waals surface area contributed by atoms with Gasteiger partial charge in [0.25, 0.3) is 0 Å². The molecule has 1 aliphatic rings. The molecule has 2 amide bonds. The molecule has 1 saturated heterocycles. The molecule has 1 heterocycles. The molecule has 2 unspecified atom stereocenters. The minimum atomic E-state index is -0.354. The number of hydrogen-bond donors (Lipinski definition) is 1. The van der Waals surface area contributed by atoms with Crippen molar-refractivity contribution in [2.75, 3.05) is 6.54 Å². The summed E-state index contributed by atoms with van der Waals surface area (Å²) in [6, 6.07) is 9.97. The maximum absolute atomic E-state index is 12.1. The van der Waals surface area contributed by atoms with Crippen molar-refractivity contribution in [3.8, 4) is 0 Å². The van der Waals surface area contributed by atoms with E-state index in [4.69, 9.17) is 0 Å². The van der Waals surface area contributed by atoms with Gasteiger partial charge in [0.2, 0.25) is 11.8 Å². The van der Waals surface area contributed by atoms with Crippen LogP contribution < -0.4 is 5.32 Å². The lowest BCUT2D eigenvalue weighted by molar-refractivity contribution is -0.138. The van der Waals surface area contributed by atoms with Gasteiger partial charge in [-0.3, -0.25) is 14.5 Å². The first-order chi connectivity index (χ1) is 9.61. The molecule has 0 aliphatic carbocycles. The largest absolute Gasteiger partial charge is 0.303 e. The number of rotatable bonds is 6. The Morgan fingerprint density at radius 3 is 2.65 bits per heavy atom. The van der Waals surface area contributed by atoms with Gasteiger partial charge in [-0.05, 0) is 25.3 Å². The highest BCUT2D eigenvalue weighted by Gasteiger charge is 2.38. The fourth-order valence-electron chi connectivity index (χ4n) is 2.64. The fourth-order valence-corrected chi connectivity index (χ4v) is 2.64. The Labute approximate surface area is 120 Å². The zero-order valence-electron chi connectivity index (χ0n) is 12.1. The molecule has 4 nitrogen and oxygen atoms in total. The number of nitrogens with one attached hydrogen (secondary N) is 1. The summed E-state index contributed by atoms with van der Waals surface area (Å²) in [6.45, 7) is 4.55. The topological polar surface area (TPSA) is 49.4 Å². The third-order valence-corrected chi connectivity index (χ3v) is 3.56. The SMILES string of the molecule is CCCN1C(=O)CC(NC(C)Cc2ccccc2)C1=O. The van der Waals surface area contributed by atoms with E-state index < -0.39 is 0 Å². The average molecular weight is 274 g/mol. The van der Waals surface area contributed by atoms with Gasteiger partial charge in [0.05, 0.1) is 12.5 Å². The quantitative estimate of drug-likeness (QED) is 0.804. The van der Waals surface area contributed by atoms with Crippen molar-refractivity contribution in [2.45, 2.75) is 45.2 Å². The van der Waals surface area contributed by atoms with Crippen molar-refractivity contribution in [2.24, 2.45) is 0 Å². The van der Waals surface area contributed by atoms with Crippen molar-refractivity contribution in [3.63, 3.8) is 0 Å². The Balaban J connectivity index is 1.90. The third kappa shape index (κ3) is 3.45. The van der Waals surface area contributed by atoms with Gasteiger partial charge in [-0.15, -0.1) is 0 Å². The minimum Gasteiger partial charge on any atom is -0.303 e. The molecular weight excluding hydrogens is 252 g/mol. The minimum absolute atomic E-state index is 0.0544. The molecule has 1 aromatic rings. The fraction of sp³-hybridized carbons (Fsp3) is 0.500. The first-order valence-corrected chi connectivity index (χ1v) is 7.26. The van der Waals surface area contributed by atoms with Crippen LogP contribution in [0.1, 0.15) is 32.3 Å². The predicted octanol–water partition coefficient (Wildman–Crippen LogP) is 1.74. The summed E-state index contributed by atoms with van der Waals surface area (Å²) in [5, 5.41) is 3.28. The molecular formula is C16H22N2O2. The van der Waals surface area contributed by atoms with E-state index in [0.29, 0.717) is 6.54 Å². The van der Waals surface area contributed by atoms with E-state index in [2.05, 4.69) is 17.4 Å². The summed E-state index contributed by atoms with van der Waals surface area (Å²) in [5.74, 6) is -0.127. The van der Waals surface area contributed by atoms with Crippen LogP contribution in [0.4, 0.5) is 0 Å². The van der Waals surface area contributed by atoms with Crippen molar-refractivity contribution in [3.05, 3.63) is 35.9 Å². The van der Waals surface area contributed by atoms with E-state index in [1.807, 2.05) is 32.0 Å². The zero-order chi connectivity index (χ0) is 14.5. The number of likely N-dealkylation sites (tertiary alicyclic amines) is 1. The molecule has 1 aliphatic heterocycles. The third-order valence-electron chi connectivity index (χ3n) is 3.56. The molecule has 0 bridgehead atoms. The van der Waals surface area contributed by atoms with Crippen LogP contribution in [-0.4, -0.2) is 35.3 Å². The van der Waals surface area contributed by atoms with Gasteiger partial charge in [-0.25, -0.2) is 0 Å².